The standard InChI is InChI=1S/C29H29N3O3/c1-18-11-12-24-22(16-18)23-17-30(2)15-13-25(23)32(24)26(33)10-5-14-31-28(34)20-8-3-6-19-7-4-9-21(27(19)20)29(31)35/h3-4,6-9,11-12,16,23,25H,5,10,13-15,17H2,1-2H3. The molecule has 6 heteroatoms. The number of likely N-dealkylation sites (tertiary alicyclic amines) is 1. The average Bonchev–Trinajstić information content (AvgIpc) is 3.17. The Kier molecular flexibility index (Phi) is 5.22. The molecular formula is C29H29N3O3. The summed E-state index contributed by atoms with van der Waals surface area (Å²) in [5.41, 5.74) is 4.61. The van der Waals surface area contributed by atoms with Crippen molar-refractivity contribution in [1.29, 1.82) is 0 Å². The monoisotopic (exact) mass is 467 g/mol. The molecule has 2 unspecified atom stereocenters. The van der Waals surface area contributed by atoms with E-state index in [1.165, 1.54) is 16.0 Å². The van der Waals surface area contributed by atoms with Gasteiger partial charge < -0.3 is 9.80 Å². The summed E-state index contributed by atoms with van der Waals surface area (Å²) in [6, 6.07) is 17.7. The predicted octanol–water partition coefficient (Wildman–Crippen LogP) is 4.36. The third-order valence-electron chi connectivity index (χ3n) is 7.85. The van der Waals surface area contributed by atoms with Gasteiger partial charge in [0.15, 0.2) is 0 Å². The number of imide groups is 1. The van der Waals surface area contributed by atoms with Crippen LogP contribution in [-0.4, -0.2) is 60.2 Å². The highest BCUT2D eigenvalue weighted by Crippen LogP contribution is 2.45. The van der Waals surface area contributed by atoms with E-state index in [0.717, 1.165) is 36.0 Å². The van der Waals surface area contributed by atoms with Crippen molar-refractivity contribution >= 4 is 34.2 Å². The van der Waals surface area contributed by atoms with Gasteiger partial charge in [-0.3, -0.25) is 19.3 Å². The van der Waals surface area contributed by atoms with Gasteiger partial charge in [-0.05, 0) is 62.5 Å². The Morgan fingerprint density at radius 2 is 1.71 bits per heavy atom. The van der Waals surface area contributed by atoms with Gasteiger partial charge in [0.25, 0.3) is 11.8 Å². The first-order valence-electron chi connectivity index (χ1n) is 12.4. The summed E-state index contributed by atoms with van der Waals surface area (Å²) in [5.74, 6) is -0.144. The summed E-state index contributed by atoms with van der Waals surface area (Å²) in [7, 11) is 2.14. The van der Waals surface area contributed by atoms with Crippen LogP contribution in [0.3, 0.4) is 0 Å². The molecule has 1 saturated heterocycles. The quantitative estimate of drug-likeness (QED) is 0.535. The lowest BCUT2D eigenvalue weighted by Crippen LogP contribution is -2.47. The Labute approximate surface area is 205 Å². The fourth-order valence-corrected chi connectivity index (χ4v) is 6.20. The molecule has 2 atom stereocenters. The van der Waals surface area contributed by atoms with Crippen LogP contribution in [0.15, 0.2) is 54.6 Å². The van der Waals surface area contributed by atoms with Crippen molar-refractivity contribution in [3.05, 3.63) is 76.9 Å². The smallest absolute Gasteiger partial charge is 0.261 e. The van der Waals surface area contributed by atoms with Crippen molar-refractivity contribution in [2.45, 2.75) is 38.1 Å². The van der Waals surface area contributed by atoms with Gasteiger partial charge in [-0.2, -0.15) is 0 Å². The normalized spacial score (nSPS) is 21.4. The molecule has 6 nitrogen and oxygen atoms in total. The molecule has 3 aromatic carbocycles. The Morgan fingerprint density at radius 3 is 2.43 bits per heavy atom. The van der Waals surface area contributed by atoms with Gasteiger partial charge in [0.2, 0.25) is 5.91 Å². The lowest BCUT2D eigenvalue weighted by atomic mass is 9.89. The van der Waals surface area contributed by atoms with Crippen molar-refractivity contribution < 1.29 is 14.4 Å². The lowest BCUT2D eigenvalue weighted by Gasteiger charge is -2.36. The molecular weight excluding hydrogens is 438 g/mol. The Bertz CT molecular complexity index is 1330. The molecule has 0 aromatic heterocycles. The van der Waals surface area contributed by atoms with Crippen LogP contribution < -0.4 is 4.90 Å². The molecule has 1 fully saturated rings. The van der Waals surface area contributed by atoms with Crippen LogP contribution in [0.2, 0.25) is 0 Å². The number of hydrogen-bond donors (Lipinski definition) is 0. The number of rotatable bonds is 4. The molecule has 0 saturated carbocycles. The number of fused-ring (bicyclic) bond motifs is 3. The van der Waals surface area contributed by atoms with Crippen LogP contribution in [0.1, 0.15) is 57.0 Å². The molecule has 0 radical (unpaired) electrons. The SMILES string of the molecule is Cc1ccc2c(c1)C1CN(C)CCC1N2C(=O)CCCN1C(=O)c2cccc3cccc(c23)C1=O. The highest BCUT2D eigenvalue weighted by atomic mass is 16.2. The molecule has 178 valence electrons. The van der Waals surface area contributed by atoms with Crippen LogP contribution in [-0.2, 0) is 4.79 Å². The van der Waals surface area contributed by atoms with Gasteiger partial charge >= 0.3 is 0 Å². The summed E-state index contributed by atoms with van der Waals surface area (Å²) in [5, 5.41) is 1.63. The molecule has 3 amide bonds. The summed E-state index contributed by atoms with van der Waals surface area (Å²) in [6.45, 7) is 4.25. The fraction of sp³-hybridized carbons (Fsp3) is 0.345. The first kappa shape index (κ1) is 22.0. The van der Waals surface area contributed by atoms with Gasteiger partial charge in [-0.15, -0.1) is 0 Å². The molecule has 0 spiro atoms. The first-order chi connectivity index (χ1) is 16.9. The molecule has 3 aromatic rings. The largest absolute Gasteiger partial charge is 0.308 e. The zero-order valence-corrected chi connectivity index (χ0v) is 20.2. The van der Waals surface area contributed by atoms with Crippen LogP contribution >= 0.6 is 0 Å². The number of hydrogen-bond acceptors (Lipinski definition) is 4. The summed E-state index contributed by atoms with van der Waals surface area (Å²) in [6.07, 6.45) is 1.70. The van der Waals surface area contributed by atoms with Crippen molar-refractivity contribution in [1.82, 2.24) is 9.80 Å². The number of piperidine rings is 1. The number of benzene rings is 3. The third-order valence-corrected chi connectivity index (χ3v) is 7.85. The van der Waals surface area contributed by atoms with E-state index in [1.54, 1.807) is 12.1 Å². The van der Waals surface area contributed by atoms with E-state index in [1.807, 2.05) is 29.2 Å². The second-order valence-electron chi connectivity index (χ2n) is 10.1. The highest BCUT2D eigenvalue weighted by molar-refractivity contribution is 6.25. The highest BCUT2D eigenvalue weighted by Gasteiger charge is 2.43. The number of anilines is 1. The number of carbonyl (C=O) groups excluding carboxylic acids is 3. The minimum atomic E-state index is -0.274. The molecule has 3 heterocycles. The second-order valence-corrected chi connectivity index (χ2v) is 10.1. The molecule has 3 aliphatic heterocycles. The predicted molar refractivity (Wildman–Crippen MR) is 136 cm³/mol. The van der Waals surface area contributed by atoms with Crippen molar-refractivity contribution in [2.75, 3.05) is 31.6 Å². The third kappa shape index (κ3) is 3.47. The molecule has 0 aliphatic carbocycles. The molecule has 35 heavy (non-hydrogen) atoms. The maximum absolute atomic E-state index is 13.5. The van der Waals surface area contributed by atoms with E-state index in [9.17, 15) is 14.4 Å². The van der Waals surface area contributed by atoms with Crippen molar-refractivity contribution in [2.24, 2.45) is 0 Å². The summed E-state index contributed by atoms with van der Waals surface area (Å²) in [4.78, 5) is 45.5. The molecule has 0 bridgehead atoms. The number of aryl methyl sites for hydroxylation is 1. The van der Waals surface area contributed by atoms with Crippen LogP contribution in [0.5, 0.6) is 0 Å². The van der Waals surface area contributed by atoms with Crippen LogP contribution in [0.25, 0.3) is 10.8 Å². The summed E-state index contributed by atoms with van der Waals surface area (Å²) < 4.78 is 0. The topological polar surface area (TPSA) is 60.9 Å². The van der Waals surface area contributed by atoms with Gasteiger partial charge in [-0.1, -0.05) is 42.0 Å². The van der Waals surface area contributed by atoms with Gasteiger partial charge in [0.1, 0.15) is 0 Å². The van der Waals surface area contributed by atoms with E-state index in [4.69, 9.17) is 0 Å². The first-order valence-corrected chi connectivity index (χ1v) is 12.4. The molecule has 3 aliphatic rings. The fourth-order valence-electron chi connectivity index (χ4n) is 6.20. The zero-order chi connectivity index (χ0) is 24.3. The maximum atomic E-state index is 13.5. The van der Waals surface area contributed by atoms with Crippen molar-refractivity contribution in [3.63, 3.8) is 0 Å². The van der Waals surface area contributed by atoms with E-state index in [-0.39, 0.29) is 30.3 Å². The van der Waals surface area contributed by atoms with Gasteiger partial charge in [0, 0.05) is 53.7 Å². The molecule has 6 rings (SSSR count). The van der Waals surface area contributed by atoms with Crippen molar-refractivity contribution in [3.8, 4) is 0 Å². The summed E-state index contributed by atoms with van der Waals surface area (Å²) >= 11 is 0. The lowest BCUT2D eigenvalue weighted by molar-refractivity contribution is -0.119. The number of amides is 3. The van der Waals surface area contributed by atoms with E-state index in [0.29, 0.717) is 29.9 Å². The number of carbonyl (C=O) groups is 3. The average molecular weight is 468 g/mol. The van der Waals surface area contributed by atoms with Gasteiger partial charge in [-0.25, -0.2) is 0 Å². The Balaban J connectivity index is 1.20. The second kappa shape index (κ2) is 8.31. The van der Waals surface area contributed by atoms with E-state index >= 15 is 0 Å². The Morgan fingerprint density at radius 1 is 1.00 bits per heavy atom. The minimum absolute atomic E-state index is 0.0755. The van der Waals surface area contributed by atoms with Gasteiger partial charge in [0.05, 0.1) is 0 Å². The Hall–Kier alpha value is -3.51. The number of likely N-dealkylation sites (N-methyl/N-ethyl adjacent to an activating group) is 1. The number of nitrogens with zero attached hydrogens (tertiary/aromatic N) is 3. The van der Waals surface area contributed by atoms with E-state index in [2.05, 4.69) is 37.1 Å². The maximum Gasteiger partial charge on any atom is 0.261 e. The molecule has 0 N–H and O–H groups in total. The zero-order valence-electron chi connectivity index (χ0n) is 20.2. The van der Waals surface area contributed by atoms with E-state index < -0.39 is 0 Å². The van der Waals surface area contributed by atoms with Crippen LogP contribution in [0, 0.1) is 6.92 Å². The minimum Gasteiger partial charge on any atom is -0.308 e. The van der Waals surface area contributed by atoms with Crippen LogP contribution in [0.4, 0.5) is 5.69 Å².